The maximum absolute atomic E-state index is 5.40. The summed E-state index contributed by atoms with van der Waals surface area (Å²) in [6, 6.07) is 17.3. The van der Waals surface area contributed by atoms with Gasteiger partial charge in [-0.05, 0) is 42.5 Å². The van der Waals surface area contributed by atoms with Gasteiger partial charge in [-0.3, -0.25) is 4.99 Å². The molecule has 0 heterocycles. The van der Waals surface area contributed by atoms with Gasteiger partial charge in [-0.1, -0.05) is 42.5 Å². The first-order valence-electron chi connectivity index (χ1n) is 8.87. The van der Waals surface area contributed by atoms with Crippen LogP contribution in [-0.2, 0) is 6.42 Å². The Kier molecular flexibility index (Phi) is 5.59. The summed E-state index contributed by atoms with van der Waals surface area (Å²) in [5, 5.41) is 6.95. The van der Waals surface area contributed by atoms with Crippen molar-refractivity contribution in [3.63, 3.8) is 0 Å². The Hall–Kier alpha value is -2.49. The second-order valence-corrected chi connectivity index (χ2v) is 6.51. The Labute approximate surface area is 150 Å². The van der Waals surface area contributed by atoms with Gasteiger partial charge in [0.1, 0.15) is 5.75 Å². The van der Waals surface area contributed by atoms with Crippen molar-refractivity contribution >= 4 is 5.96 Å². The molecule has 3 rings (SSSR count). The zero-order chi connectivity index (χ0) is 17.6. The van der Waals surface area contributed by atoms with Crippen molar-refractivity contribution in [3.05, 3.63) is 65.2 Å². The van der Waals surface area contributed by atoms with Crippen molar-refractivity contribution < 1.29 is 4.74 Å². The van der Waals surface area contributed by atoms with E-state index in [0.29, 0.717) is 12.0 Å². The normalized spacial score (nSPS) is 19.4. The SMILES string of the molecule is CN=C(NCCc1ccccc1OC)NC1CC1c1ccccc1C. The van der Waals surface area contributed by atoms with Gasteiger partial charge in [0.15, 0.2) is 5.96 Å². The number of benzene rings is 2. The highest BCUT2D eigenvalue weighted by molar-refractivity contribution is 5.80. The molecule has 4 heteroatoms. The van der Waals surface area contributed by atoms with E-state index in [4.69, 9.17) is 4.74 Å². The average Bonchev–Trinajstić information content (AvgIpc) is 3.40. The highest BCUT2D eigenvalue weighted by atomic mass is 16.5. The van der Waals surface area contributed by atoms with Crippen molar-refractivity contribution in [1.82, 2.24) is 10.6 Å². The van der Waals surface area contributed by atoms with Crippen molar-refractivity contribution in [2.45, 2.75) is 31.7 Å². The smallest absolute Gasteiger partial charge is 0.191 e. The van der Waals surface area contributed by atoms with Crippen LogP contribution >= 0.6 is 0 Å². The van der Waals surface area contributed by atoms with E-state index in [9.17, 15) is 0 Å². The quantitative estimate of drug-likeness (QED) is 0.628. The van der Waals surface area contributed by atoms with Crippen LogP contribution in [0.15, 0.2) is 53.5 Å². The number of nitrogens with zero attached hydrogens (tertiary/aromatic N) is 1. The van der Waals surface area contributed by atoms with Gasteiger partial charge in [-0.2, -0.15) is 0 Å². The van der Waals surface area contributed by atoms with E-state index in [1.807, 2.05) is 25.2 Å². The lowest BCUT2D eigenvalue weighted by molar-refractivity contribution is 0.409. The predicted octanol–water partition coefficient (Wildman–Crippen LogP) is 3.27. The molecule has 2 atom stereocenters. The van der Waals surface area contributed by atoms with Gasteiger partial charge >= 0.3 is 0 Å². The number of ether oxygens (including phenoxy) is 1. The third kappa shape index (κ3) is 4.32. The lowest BCUT2D eigenvalue weighted by Crippen LogP contribution is -2.40. The lowest BCUT2D eigenvalue weighted by Gasteiger charge is -2.13. The molecule has 2 aromatic carbocycles. The fourth-order valence-electron chi connectivity index (χ4n) is 3.30. The second kappa shape index (κ2) is 8.06. The minimum Gasteiger partial charge on any atom is -0.496 e. The van der Waals surface area contributed by atoms with Gasteiger partial charge in [0.2, 0.25) is 0 Å². The van der Waals surface area contributed by atoms with Crippen molar-refractivity contribution in [3.8, 4) is 5.75 Å². The van der Waals surface area contributed by atoms with E-state index in [2.05, 4.69) is 52.9 Å². The first kappa shape index (κ1) is 17.3. The third-order valence-corrected chi connectivity index (χ3v) is 4.80. The molecule has 0 aliphatic heterocycles. The minimum absolute atomic E-state index is 0.471. The molecule has 0 amide bonds. The maximum atomic E-state index is 5.40. The molecule has 1 aliphatic rings. The van der Waals surface area contributed by atoms with Crippen LogP contribution in [0.25, 0.3) is 0 Å². The summed E-state index contributed by atoms with van der Waals surface area (Å²) in [4.78, 5) is 4.36. The first-order chi connectivity index (χ1) is 12.2. The van der Waals surface area contributed by atoms with Gasteiger partial charge in [0.05, 0.1) is 7.11 Å². The monoisotopic (exact) mass is 337 g/mol. The van der Waals surface area contributed by atoms with Crippen LogP contribution < -0.4 is 15.4 Å². The van der Waals surface area contributed by atoms with Crippen LogP contribution in [0.4, 0.5) is 0 Å². The number of guanidine groups is 1. The zero-order valence-electron chi connectivity index (χ0n) is 15.3. The van der Waals surface area contributed by atoms with Gasteiger partial charge < -0.3 is 15.4 Å². The number of nitrogens with one attached hydrogen (secondary N) is 2. The molecule has 132 valence electrons. The van der Waals surface area contributed by atoms with Crippen molar-refractivity contribution in [2.75, 3.05) is 20.7 Å². The second-order valence-electron chi connectivity index (χ2n) is 6.51. The molecule has 0 radical (unpaired) electrons. The fourth-order valence-corrected chi connectivity index (χ4v) is 3.30. The standard InChI is InChI=1S/C21H27N3O/c1-15-8-4-6-10-17(15)18-14-19(18)24-21(22-2)23-13-12-16-9-5-7-11-20(16)25-3/h4-11,18-19H,12-14H2,1-3H3,(H2,22,23,24). The molecule has 1 aliphatic carbocycles. The van der Waals surface area contributed by atoms with E-state index >= 15 is 0 Å². The molecule has 4 nitrogen and oxygen atoms in total. The van der Waals surface area contributed by atoms with Crippen LogP contribution in [0.2, 0.25) is 0 Å². The number of rotatable bonds is 6. The highest BCUT2D eigenvalue weighted by Crippen LogP contribution is 2.41. The van der Waals surface area contributed by atoms with Gasteiger partial charge in [-0.25, -0.2) is 0 Å². The Morgan fingerprint density at radius 2 is 1.92 bits per heavy atom. The Morgan fingerprint density at radius 3 is 2.68 bits per heavy atom. The lowest BCUT2D eigenvalue weighted by atomic mass is 10.0. The summed E-state index contributed by atoms with van der Waals surface area (Å²) < 4.78 is 5.40. The van der Waals surface area contributed by atoms with E-state index in [0.717, 1.165) is 31.1 Å². The number of aryl methyl sites for hydroxylation is 1. The molecular formula is C21H27N3O. The van der Waals surface area contributed by atoms with Crippen molar-refractivity contribution in [2.24, 2.45) is 4.99 Å². The van der Waals surface area contributed by atoms with Crippen LogP contribution in [0.1, 0.15) is 29.0 Å². The summed E-state index contributed by atoms with van der Waals surface area (Å²) >= 11 is 0. The summed E-state index contributed by atoms with van der Waals surface area (Å²) in [5.74, 6) is 2.40. The Balaban J connectivity index is 1.49. The zero-order valence-corrected chi connectivity index (χ0v) is 15.3. The van der Waals surface area contributed by atoms with Crippen LogP contribution in [-0.4, -0.2) is 32.7 Å². The molecule has 2 N–H and O–H groups in total. The van der Waals surface area contributed by atoms with Crippen LogP contribution in [0.3, 0.4) is 0 Å². The minimum atomic E-state index is 0.471. The Bertz CT molecular complexity index is 741. The summed E-state index contributed by atoms with van der Waals surface area (Å²) in [6.45, 7) is 3.01. The van der Waals surface area contributed by atoms with Gasteiger partial charge in [-0.15, -0.1) is 0 Å². The Morgan fingerprint density at radius 1 is 1.16 bits per heavy atom. The largest absolute Gasteiger partial charge is 0.496 e. The topological polar surface area (TPSA) is 45.7 Å². The van der Waals surface area contributed by atoms with Crippen LogP contribution in [0.5, 0.6) is 5.75 Å². The highest BCUT2D eigenvalue weighted by Gasteiger charge is 2.39. The number of methoxy groups -OCH3 is 1. The molecule has 2 aromatic rings. The maximum Gasteiger partial charge on any atom is 0.191 e. The molecule has 1 saturated carbocycles. The molecule has 1 fully saturated rings. The molecular weight excluding hydrogens is 310 g/mol. The molecule has 0 saturated heterocycles. The molecule has 0 aromatic heterocycles. The molecule has 0 spiro atoms. The summed E-state index contributed by atoms with van der Waals surface area (Å²) in [6.07, 6.45) is 2.06. The summed E-state index contributed by atoms with van der Waals surface area (Å²) in [7, 11) is 3.54. The molecule has 25 heavy (non-hydrogen) atoms. The molecule has 2 unspecified atom stereocenters. The number of hydrogen-bond donors (Lipinski definition) is 2. The predicted molar refractivity (Wildman–Crippen MR) is 104 cm³/mol. The van der Waals surface area contributed by atoms with Crippen LogP contribution in [0, 0.1) is 6.92 Å². The van der Waals surface area contributed by atoms with Gasteiger partial charge in [0, 0.05) is 25.6 Å². The van der Waals surface area contributed by atoms with E-state index in [1.165, 1.54) is 16.7 Å². The first-order valence-corrected chi connectivity index (χ1v) is 8.87. The fraction of sp³-hybridized carbons (Fsp3) is 0.381. The van der Waals surface area contributed by atoms with E-state index < -0.39 is 0 Å². The van der Waals surface area contributed by atoms with Crippen molar-refractivity contribution in [1.29, 1.82) is 0 Å². The average molecular weight is 337 g/mol. The number of hydrogen-bond acceptors (Lipinski definition) is 2. The number of para-hydroxylation sites is 1. The van der Waals surface area contributed by atoms with E-state index in [1.54, 1.807) is 7.11 Å². The third-order valence-electron chi connectivity index (χ3n) is 4.80. The number of aliphatic imine (C=N–C) groups is 1. The summed E-state index contributed by atoms with van der Waals surface area (Å²) in [5.41, 5.74) is 4.03. The van der Waals surface area contributed by atoms with E-state index in [-0.39, 0.29) is 0 Å². The molecule has 0 bridgehead atoms. The van der Waals surface area contributed by atoms with Gasteiger partial charge in [0.25, 0.3) is 0 Å².